The van der Waals surface area contributed by atoms with Crippen LogP contribution in [0, 0.1) is 3.57 Å². The van der Waals surface area contributed by atoms with Crippen LogP contribution in [0.15, 0.2) is 60.8 Å². The van der Waals surface area contributed by atoms with Gasteiger partial charge in [0, 0.05) is 3.57 Å². The summed E-state index contributed by atoms with van der Waals surface area (Å²) in [5.74, 6) is -0.0413. The fourth-order valence-corrected chi connectivity index (χ4v) is 2.25. The first-order valence-corrected chi connectivity index (χ1v) is 7.26. The van der Waals surface area contributed by atoms with Gasteiger partial charge in [-0.05, 0) is 52.9 Å². The zero-order valence-corrected chi connectivity index (χ0v) is 13.0. The molecule has 0 atom stereocenters. The Labute approximate surface area is 134 Å². The molecule has 2 aromatic carbocycles. The van der Waals surface area contributed by atoms with Gasteiger partial charge in [-0.3, -0.25) is 0 Å². The molecule has 0 aliphatic rings. The maximum atomic E-state index is 12.0. The lowest BCUT2D eigenvalue weighted by atomic mass is 10.3. The molecule has 1 aromatic heterocycles. The normalized spacial score (nSPS) is 10.3. The number of para-hydroxylation sites is 1. The number of rotatable bonds is 3. The van der Waals surface area contributed by atoms with Gasteiger partial charge in [0.15, 0.2) is 5.69 Å². The lowest BCUT2D eigenvalue weighted by Gasteiger charge is -2.02. The second-order valence-electron chi connectivity index (χ2n) is 4.20. The summed E-state index contributed by atoms with van der Waals surface area (Å²) in [6.45, 7) is 0. The maximum absolute atomic E-state index is 12.0. The standard InChI is InChI=1S/C15H10IN3O2/c16-11-5-4-8-13(9-11)21-15(20)14-10-17-19(18-14)12-6-2-1-3-7-12/h1-10H. The van der Waals surface area contributed by atoms with E-state index in [0.29, 0.717) is 5.75 Å². The monoisotopic (exact) mass is 391 g/mol. The molecule has 0 aliphatic carbocycles. The van der Waals surface area contributed by atoms with Crippen molar-refractivity contribution in [2.75, 3.05) is 0 Å². The molecule has 104 valence electrons. The molecule has 0 bridgehead atoms. The fraction of sp³-hybridized carbons (Fsp3) is 0. The van der Waals surface area contributed by atoms with E-state index in [1.165, 1.54) is 11.0 Å². The van der Waals surface area contributed by atoms with E-state index in [-0.39, 0.29) is 5.69 Å². The SMILES string of the molecule is O=C(Oc1cccc(I)c1)c1cnn(-c2ccccc2)n1. The summed E-state index contributed by atoms with van der Waals surface area (Å²) < 4.78 is 6.26. The van der Waals surface area contributed by atoms with E-state index in [0.717, 1.165) is 9.26 Å². The van der Waals surface area contributed by atoms with Gasteiger partial charge in [-0.15, -0.1) is 5.10 Å². The Balaban J connectivity index is 1.78. The summed E-state index contributed by atoms with van der Waals surface area (Å²) in [6.07, 6.45) is 1.39. The minimum Gasteiger partial charge on any atom is -0.422 e. The third kappa shape index (κ3) is 3.27. The molecular weight excluding hydrogens is 381 g/mol. The topological polar surface area (TPSA) is 57.0 Å². The highest BCUT2D eigenvalue weighted by Gasteiger charge is 2.14. The van der Waals surface area contributed by atoms with Crippen LogP contribution in [0.5, 0.6) is 5.75 Å². The van der Waals surface area contributed by atoms with E-state index >= 15 is 0 Å². The van der Waals surface area contributed by atoms with Crippen molar-refractivity contribution >= 4 is 28.6 Å². The highest BCUT2D eigenvalue weighted by atomic mass is 127. The average molecular weight is 391 g/mol. The second kappa shape index (κ2) is 6.04. The summed E-state index contributed by atoms with van der Waals surface area (Å²) in [4.78, 5) is 13.4. The summed E-state index contributed by atoms with van der Waals surface area (Å²) >= 11 is 2.16. The number of ether oxygens (including phenoxy) is 1. The van der Waals surface area contributed by atoms with Gasteiger partial charge in [-0.25, -0.2) is 4.79 Å². The largest absolute Gasteiger partial charge is 0.422 e. The Morgan fingerprint density at radius 2 is 1.90 bits per heavy atom. The Bertz CT molecular complexity index is 771. The zero-order chi connectivity index (χ0) is 14.7. The molecule has 3 rings (SSSR count). The van der Waals surface area contributed by atoms with Crippen LogP contribution in [0.4, 0.5) is 0 Å². The van der Waals surface area contributed by atoms with Gasteiger partial charge < -0.3 is 4.74 Å². The lowest BCUT2D eigenvalue weighted by Crippen LogP contribution is -2.10. The van der Waals surface area contributed by atoms with E-state index < -0.39 is 5.97 Å². The van der Waals surface area contributed by atoms with Crippen LogP contribution >= 0.6 is 22.6 Å². The summed E-state index contributed by atoms with van der Waals surface area (Å²) in [6, 6.07) is 16.6. The smallest absolute Gasteiger partial charge is 0.365 e. The Morgan fingerprint density at radius 3 is 2.67 bits per heavy atom. The molecule has 1 heterocycles. The third-order valence-electron chi connectivity index (χ3n) is 2.69. The first-order valence-electron chi connectivity index (χ1n) is 6.18. The first kappa shape index (κ1) is 13.7. The number of esters is 1. The van der Waals surface area contributed by atoms with Gasteiger partial charge in [0.05, 0.1) is 11.9 Å². The molecule has 0 saturated heterocycles. The number of carbonyl (C=O) groups excluding carboxylic acids is 1. The van der Waals surface area contributed by atoms with Crippen molar-refractivity contribution in [3.63, 3.8) is 0 Å². The predicted octanol–water partition coefficient (Wildman–Crippen LogP) is 3.09. The molecule has 0 aliphatic heterocycles. The van der Waals surface area contributed by atoms with Gasteiger partial charge in [0.2, 0.25) is 0 Å². The fourth-order valence-electron chi connectivity index (χ4n) is 1.73. The Hall–Kier alpha value is -2.22. The van der Waals surface area contributed by atoms with Gasteiger partial charge in [0.1, 0.15) is 5.75 Å². The van der Waals surface area contributed by atoms with Crippen LogP contribution in [0.1, 0.15) is 10.5 Å². The number of benzene rings is 2. The van der Waals surface area contributed by atoms with Gasteiger partial charge in [0.25, 0.3) is 0 Å². The van der Waals surface area contributed by atoms with Crippen molar-refractivity contribution in [2.24, 2.45) is 0 Å². The van der Waals surface area contributed by atoms with Crippen molar-refractivity contribution in [3.8, 4) is 11.4 Å². The van der Waals surface area contributed by atoms with Crippen LogP contribution in [0.3, 0.4) is 0 Å². The van der Waals surface area contributed by atoms with Crippen molar-refractivity contribution in [2.45, 2.75) is 0 Å². The van der Waals surface area contributed by atoms with Crippen LogP contribution in [-0.4, -0.2) is 21.0 Å². The molecular formula is C15H10IN3O2. The minimum atomic E-state index is -0.529. The second-order valence-corrected chi connectivity index (χ2v) is 5.45. The minimum absolute atomic E-state index is 0.165. The molecule has 21 heavy (non-hydrogen) atoms. The number of nitrogens with zero attached hydrogens (tertiary/aromatic N) is 3. The average Bonchev–Trinajstić information content (AvgIpc) is 2.98. The van der Waals surface area contributed by atoms with E-state index in [1.54, 1.807) is 12.1 Å². The quantitative estimate of drug-likeness (QED) is 0.391. The van der Waals surface area contributed by atoms with E-state index in [4.69, 9.17) is 4.74 Å². The first-order chi connectivity index (χ1) is 10.2. The summed E-state index contributed by atoms with van der Waals surface area (Å²) in [5.41, 5.74) is 0.948. The molecule has 3 aromatic rings. The van der Waals surface area contributed by atoms with E-state index in [9.17, 15) is 4.79 Å². The van der Waals surface area contributed by atoms with E-state index in [2.05, 4.69) is 32.8 Å². The molecule has 0 spiro atoms. The van der Waals surface area contributed by atoms with Crippen molar-refractivity contribution in [1.29, 1.82) is 0 Å². The van der Waals surface area contributed by atoms with Crippen LogP contribution in [0.25, 0.3) is 5.69 Å². The van der Waals surface area contributed by atoms with Crippen LogP contribution in [-0.2, 0) is 0 Å². The van der Waals surface area contributed by atoms with Gasteiger partial charge in [-0.2, -0.15) is 9.90 Å². The molecule has 0 amide bonds. The summed E-state index contributed by atoms with van der Waals surface area (Å²) in [5, 5.41) is 8.20. The molecule has 0 saturated carbocycles. The third-order valence-corrected chi connectivity index (χ3v) is 3.37. The number of hydrogen-bond donors (Lipinski definition) is 0. The van der Waals surface area contributed by atoms with Gasteiger partial charge in [-0.1, -0.05) is 24.3 Å². The number of carbonyl (C=O) groups is 1. The maximum Gasteiger partial charge on any atom is 0.365 e. The van der Waals surface area contributed by atoms with Crippen LogP contribution < -0.4 is 4.74 Å². The molecule has 6 heteroatoms. The highest BCUT2D eigenvalue weighted by Crippen LogP contribution is 2.16. The molecule has 0 unspecified atom stereocenters. The summed E-state index contributed by atoms with van der Waals surface area (Å²) in [7, 11) is 0. The zero-order valence-electron chi connectivity index (χ0n) is 10.8. The lowest BCUT2D eigenvalue weighted by molar-refractivity contribution is 0.0728. The highest BCUT2D eigenvalue weighted by molar-refractivity contribution is 14.1. The number of hydrogen-bond acceptors (Lipinski definition) is 4. The van der Waals surface area contributed by atoms with Crippen molar-refractivity contribution in [3.05, 3.63) is 70.1 Å². The molecule has 0 radical (unpaired) electrons. The number of halogens is 1. The van der Waals surface area contributed by atoms with Gasteiger partial charge >= 0.3 is 5.97 Å². The van der Waals surface area contributed by atoms with Crippen molar-refractivity contribution < 1.29 is 9.53 Å². The number of aromatic nitrogens is 3. The predicted molar refractivity (Wildman–Crippen MR) is 85.5 cm³/mol. The van der Waals surface area contributed by atoms with Crippen LogP contribution in [0.2, 0.25) is 0 Å². The Morgan fingerprint density at radius 1 is 1.10 bits per heavy atom. The van der Waals surface area contributed by atoms with Crippen molar-refractivity contribution in [1.82, 2.24) is 15.0 Å². The molecule has 0 fully saturated rings. The molecule has 5 nitrogen and oxygen atoms in total. The van der Waals surface area contributed by atoms with E-state index in [1.807, 2.05) is 42.5 Å². The Kier molecular flexibility index (Phi) is 3.96. The molecule has 0 N–H and O–H groups in total.